The molecule has 3 heterocycles. The van der Waals surface area contributed by atoms with Gasteiger partial charge in [0.1, 0.15) is 23.7 Å². The van der Waals surface area contributed by atoms with Crippen LogP contribution in [-0.4, -0.2) is 38.0 Å². The summed E-state index contributed by atoms with van der Waals surface area (Å²) in [6.07, 6.45) is 3.22. The van der Waals surface area contributed by atoms with Crippen LogP contribution in [0.4, 0.5) is 16.2 Å². The summed E-state index contributed by atoms with van der Waals surface area (Å²) < 4.78 is 11.6. The Morgan fingerprint density at radius 2 is 1.43 bits per heavy atom. The van der Waals surface area contributed by atoms with E-state index >= 15 is 0 Å². The van der Waals surface area contributed by atoms with Crippen molar-refractivity contribution < 1.29 is 23.9 Å². The van der Waals surface area contributed by atoms with Crippen LogP contribution >= 0.6 is 23.2 Å². The number of hydrogen-bond acceptors (Lipinski definition) is 6. The molecule has 10 heteroatoms. The van der Waals surface area contributed by atoms with Crippen molar-refractivity contribution >= 4 is 58.5 Å². The smallest absolute Gasteiger partial charge is 0.335 e. The molecule has 0 spiro atoms. The second kappa shape index (κ2) is 14.5. The Balaban J connectivity index is 1.21. The fraction of sp³-hybridized carbons (Fsp3) is 0.186. The molecule has 266 valence electrons. The van der Waals surface area contributed by atoms with Gasteiger partial charge in [-0.25, -0.2) is 9.69 Å². The number of nitrogens with one attached hydrogen (secondary N) is 1. The molecule has 0 aromatic heterocycles. The van der Waals surface area contributed by atoms with Gasteiger partial charge in [0, 0.05) is 57.9 Å². The molecular formula is C43H35Cl2N3O5. The molecule has 0 aliphatic carbocycles. The number of rotatable bonds is 8. The van der Waals surface area contributed by atoms with Crippen molar-refractivity contribution in [1.29, 1.82) is 0 Å². The van der Waals surface area contributed by atoms with Gasteiger partial charge in [0.25, 0.3) is 11.8 Å². The van der Waals surface area contributed by atoms with Gasteiger partial charge in [-0.1, -0.05) is 89.9 Å². The van der Waals surface area contributed by atoms with Crippen molar-refractivity contribution in [1.82, 2.24) is 5.32 Å². The van der Waals surface area contributed by atoms with E-state index in [2.05, 4.69) is 34.5 Å². The number of benzene rings is 5. The van der Waals surface area contributed by atoms with E-state index in [4.69, 9.17) is 32.7 Å². The minimum atomic E-state index is -0.802. The summed E-state index contributed by atoms with van der Waals surface area (Å²) in [4.78, 5) is 45.1. The van der Waals surface area contributed by atoms with Gasteiger partial charge in [-0.05, 0) is 77.6 Å². The van der Waals surface area contributed by atoms with Crippen molar-refractivity contribution in [2.75, 3.05) is 30.0 Å². The first-order chi connectivity index (χ1) is 25.8. The minimum absolute atomic E-state index is 0.0587. The minimum Gasteiger partial charge on any atom is -0.497 e. The number of halogens is 2. The van der Waals surface area contributed by atoms with Gasteiger partial charge in [-0.15, -0.1) is 0 Å². The molecular weight excluding hydrogens is 709 g/mol. The van der Waals surface area contributed by atoms with Gasteiger partial charge in [-0.3, -0.25) is 14.9 Å². The van der Waals surface area contributed by atoms with Crippen LogP contribution in [0.15, 0.2) is 115 Å². The van der Waals surface area contributed by atoms with E-state index in [1.165, 1.54) is 24.3 Å². The molecule has 0 bridgehead atoms. The molecule has 53 heavy (non-hydrogen) atoms. The number of methoxy groups -OCH3 is 1. The molecule has 0 unspecified atom stereocenters. The first-order valence-electron chi connectivity index (χ1n) is 17.5. The van der Waals surface area contributed by atoms with Gasteiger partial charge >= 0.3 is 6.03 Å². The number of ether oxygens (including phenoxy) is 2. The molecule has 2 atom stereocenters. The predicted molar refractivity (Wildman–Crippen MR) is 207 cm³/mol. The number of carbonyl (C=O) groups is 3. The van der Waals surface area contributed by atoms with Crippen molar-refractivity contribution in [3.8, 4) is 11.5 Å². The van der Waals surface area contributed by atoms with Crippen LogP contribution in [0.1, 0.15) is 58.1 Å². The molecule has 0 radical (unpaired) electrons. The van der Waals surface area contributed by atoms with E-state index in [9.17, 15) is 14.4 Å². The normalized spacial score (nSPS) is 18.8. The van der Waals surface area contributed by atoms with Crippen LogP contribution in [0.25, 0.3) is 6.08 Å². The van der Waals surface area contributed by atoms with E-state index in [1.807, 2.05) is 48.5 Å². The van der Waals surface area contributed by atoms with E-state index in [1.54, 1.807) is 36.4 Å². The maximum atomic E-state index is 14.5. The highest BCUT2D eigenvalue weighted by atomic mass is 35.5. The van der Waals surface area contributed by atoms with Crippen LogP contribution < -0.4 is 24.6 Å². The number of anilines is 2. The van der Waals surface area contributed by atoms with Gasteiger partial charge < -0.3 is 14.4 Å². The highest BCUT2D eigenvalue weighted by Gasteiger charge is 2.40. The quantitative estimate of drug-likeness (QED) is 0.126. The van der Waals surface area contributed by atoms with Crippen LogP contribution in [0.5, 0.6) is 11.5 Å². The monoisotopic (exact) mass is 743 g/mol. The van der Waals surface area contributed by atoms with Crippen molar-refractivity contribution in [3.05, 3.63) is 158 Å². The van der Waals surface area contributed by atoms with Crippen molar-refractivity contribution in [2.45, 2.75) is 31.3 Å². The molecule has 5 aromatic carbocycles. The van der Waals surface area contributed by atoms with Gasteiger partial charge in [-0.2, -0.15) is 0 Å². The second-order valence-electron chi connectivity index (χ2n) is 13.3. The number of imide groups is 2. The summed E-state index contributed by atoms with van der Waals surface area (Å²) in [5.41, 5.74) is 6.95. The largest absolute Gasteiger partial charge is 0.497 e. The Morgan fingerprint density at radius 1 is 0.792 bits per heavy atom. The fourth-order valence-corrected chi connectivity index (χ4v) is 8.16. The zero-order valence-corrected chi connectivity index (χ0v) is 30.4. The zero-order valence-electron chi connectivity index (χ0n) is 28.9. The number of urea groups is 1. The van der Waals surface area contributed by atoms with E-state index < -0.39 is 17.8 Å². The fourth-order valence-electron chi connectivity index (χ4n) is 7.70. The summed E-state index contributed by atoms with van der Waals surface area (Å²) in [5, 5.41) is 3.36. The lowest BCUT2D eigenvalue weighted by molar-refractivity contribution is -0.122. The van der Waals surface area contributed by atoms with Crippen molar-refractivity contribution in [3.63, 3.8) is 0 Å². The van der Waals surface area contributed by atoms with E-state index in [-0.39, 0.29) is 24.0 Å². The molecule has 5 aromatic rings. The van der Waals surface area contributed by atoms with Gasteiger partial charge in [0.15, 0.2) is 0 Å². The zero-order chi connectivity index (χ0) is 36.6. The molecule has 1 fully saturated rings. The van der Waals surface area contributed by atoms with Crippen molar-refractivity contribution in [2.24, 2.45) is 0 Å². The maximum Gasteiger partial charge on any atom is 0.335 e. The Morgan fingerprint density at radius 3 is 2.04 bits per heavy atom. The number of nitrogens with zero attached hydrogens (tertiary/aromatic N) is 2. The maximum absolute atomic E-state index is 14.5. The SMILES string of the molecule is COc1ccc(/C=C2\C(=O)NC(=O)N(c3cc4c5c(c3)[C@@H](c3ccccc3)CCN5CC[C@@H]4c3ccccc3)C2=O)c(OCc2ccc(Cl)cc2Cl)c1. The third-order valence-electron chi connectivity index (χ3n) is 10.3. The average Bonchev–Trinajstić information content (AvgIpc) is 3.17. The second-order valence-corrected chi connectivity index (χ2v) is 14.2. The summed E-state index contributed by atoms with van der Waals surface area (Å²) in [5.74, 6) is -0.551. The summed E-state index contributed by atoms with van der Waals surface area (Å²) in [7, 11) is 1.53. The molecule has 8 rings (SSSR count). The third kappa shape index (κ3) is 6.65. The molecule has 1 N–H and O–H groups in total. The number of hydrogen-bond donors (Lipinski definition) is 1. The predicted octanol–water partition coefficient (Wildman–Crippen LogP) is 9.12. The Hall–Kier alpha value is -5.57. The van der Waals surface area contributed by atoms with E-state index in [0.29, 0.717) is 38.4 Å². The molecule has 4 amide bonds. The van der Waals surface area contributed by atoms with Gasteiger partial charge in [0.05, 0.1) is 12.8 Å². The Bertz CT molecular complexity index is 2200. The van der Waals surface area contributed by atoms with Crippen LogP contribution in [0, 0.1) is 0 Å². The molecule has 0 saturated carbocycles. The Labute approximate surface area is 317 Å². The number of barbiturate groups is 1. The summed E-state index contributed by atoms with van der Waals surface area (Å²) in [6.45, 7) is 1.90. The topological polar surface area (TPSA) is 88.2 Å². The first kappa shape index (κ1) is 34.5. The number of carbonyl (C=O) groups excluding carboxylic acids is 3. The van der Waals surface area contributed by atoms with Crippen LogP contribution in [0.3, 0.4) is 0 Å². The van der Waals surface area contributed by atoms with Gasteiger partial charge in [0.2, 0.25) is 0 Å². The molecule has 3 aliphatic rings. The number of amides is 4. The lowest BCUT2D eigenvalue weighted by Crippen LogP contribution is -2.54. The molecule has 8 nitrogen and oxygen atoms in total. The van der Waals surface area contributed by atoms with Crippen LogP contribution in [0.2, 0.25) is 10.0 Å². The highest BCUT2D eigenvalue weighted by molar-refractivity contribution is 6.39. The first-order valence-corrected chi connectivity index (χ1v) is 18.2. The lowest BCUT2D eigenvalue weighted by atomic mass is 9.76. The van der Waals surface area contributed by atoms with E-state index in [0.717, 1.165) is 47.6 Å². The third-order valence-corrected chi connectivity index (χ3v) is 10.9. The molecule has 1 saturated heterocycles. The highest BCUT2D eigenvalue weighted by Crippen LogP contribution is 2.50. The molecule has 3 aliphatic heterocycles. The average molecular weight is 745 g/mol. The standard InChI is InChI=1S/C43H35Cl2N3O5/c1-52-32-15-13-28(39(24-32)53-25-29-12-14-30(44)21-38(29)45)20-37-41(49)46-43(51)48(42(37)50)31-22-35-33(26-8-4-2-5-9-26)16-18-47-19-17-34(36(23-31)40(35)47)27-10-6-3-7-11-27/h2-15,20-24,33-34H,16-19,25H2,1H3,(H,46,49,51)/b37-20+/t33-,34-/m1/s1. The summed E-state index contributed by atoms with van der Waals surface area (Å²) in [6, 6.07) is 34.0. The van der Waals surface area contributed by atoms with Crippen LogP contribution in [-0.2, 0) is 16.2 Å². The lowest BCUT2D eigenvalue weighted by Gasteiger charge is -2.44. The Kier molecular flexibility index (Phi) is 9.41. The summed E-state index contributed by atoms with van der Waals surface area (Å²) >= 11 is 12.5.